The molecular formula is C30H36N2O3. The summed E-state index contributed by atoms with van der Waals surface area (Å²) in [4.78, 5) is 19.7. The Morgan fingerprint density at radius 1 is 1.11 bits per heavy atom. The van der Waals surface area contributed by atoms with Gasteiger partial charge in [0, 0.05) is 47.6 Å². The normalized spacial score (nSPS) is 24.7. The number of piperidine rings is 2. The van der Waals surface area contributed by atoms with Crippen LogP contribution in [-0.4, -0.2) is 34.7 Å². The monoisotopic (exact) mass is 472 g/mol. The molecule has 184 valence electrons. The maximum Gasteiger partial charge on any atom is 0.341 e. The molecule has 5 heteroatoms. The zero-order valence-electron chi connectivity index (χ0n) is 21.4. The standard InChI is InChI=1S/C30H36N2O3/c1-18-9-7-10-19(2)26(18)21(4)34-29(33)27-20(3)31-24-12-13-25-23(28(24)27)17-22-11-8-16-32-15-6-5-14-30(22,32)35-25/h7,9-10,12-13,21-22,31H,5-6,8,11,14-17H2,1-4H3. The predicted octanol–water partition coefficient (Wildman–Crippen LogP) is 6.54. The molecule has 1 aromatic heterocycles. The van der Waals surface area contributed by atoms with Gasteiger partial charge in [-0.2, -0.15) is 0 Å². The number of carbonyl (C=O) groups is 1. The van der Waals surface area contributed by atoms with E-state index in [1.807, 2.05) is 19.9 Å². The summed E-state index contributed by atoms with van der Waals surface area (Å²) in [5, 5.41) is 0.987. The van der Waals surface area contributed by atoms with Gasteiger partial charge in [0.25, 0.3) is 0 Å². The molecular weight excluding hydrogens is 436 g/mol. The van der Waals surface area contributed by atoms with Gasteiger partial charge in [-0.3, -0.25) is 4.90 Å². The fourth-order valence-corrected chi connectivity index (χ4v) is 7.21. The average Bonchev–Trinajstić information content (AvgIpc) is 3.17. The number of fused-ring (bicyclic) bond motifs is 3. The van der Waals surface area contributed by atoms with Crippen LogP contribution in [-0.2, 0) is 11.2 Å². The highest BCUT2D eigenvalue weighted by atomic mass is 16.5. The van der Waals surface area contributed by atoms with Crippen LogP contribution in [0.15, 0.2) is 30.3 Å². The minimum atomic E-state index is -0.318. The maximum absolute atomic E-state index is 13.7. The molecule has 1 spiro atoms. The van der Waals surface area contributed by atoms with Gasteiger partial charge in [-0.05, 0) is 88.6 Å². The van der Waals surface area contributed by atoms with Crippen molar-refractivity contribution in [3.8, 4) is 5.75 Å². The van der Waals surface area contributed by atoms with Gasteiger partial charge in [0.05, 0.1) is 5.56 Å². The zero-order chi connectivity index (χ0) is 24.3. The first kappa shape index (κ1) is 22.7. The van der Waals surface area contributed by atoms with E-state index in [2.05, 4.69) is 48.0 Å². The van der Waals surface area contributed by atoms with Crippen LogP contribution in [0.25, 0.3) is 10.9 Å². The highest BCUT2D eigenvalue weighted by Crippen LogP contribution is 2.50. The van der Waals surface area contributed by atoms with E-state index >= 15 is 0 Å². The lowest BCUT2D eigenvalue weighted by Gasteiger charge is -2.56. The third-order valence-electron chi connectivity index (χ3n) is 8.76. The summed E-state index contributed by atoms with van der Waals surface area (Å²) in [5.74, 6) is 1.14. The molecule has 1 N–H and O–H groups in total. The highest BCUT2D eigenvalue weighted by Gasteiger charge is 2.52. The minimum absolute atomic E-state index is 0.167. The molecule has 2 saturated heterocycles. The number of benzene rings is 2. The fourth-order valence-electron chi connectivity index (χ4n) is 7.21. The predicted molar refractivity (Wildman–Crippen MR) is 138 cm³/mol. The molecule has 6 rings (SSSR count). The van der Waals surface area contributed by atoms with Crippen LogP contribution in [0.3, 0.4) is 0 Å². The lowest BCUT2D eigenvalue weighted by molar-refractivity contribution is -0.177. The number of ether oxygens (including phenoxy) is 2. The molecule has 35 heavy (non-hydrogen) atoms. The molecule has 3 aromatic rings. The Kier molecular flexibility index (Phi) is 5.44. The fraction of sp³-hybridized carbons (Fsp3) is 0.500. The average molecular weight is 473 g/mol. The molecule has 3 aliphatic heterocycles. The minimum Gasteiger partial charge on any atom is -0.472 e. The van der Waals surface area contributed by atoms with Crippen molar-refractivity contribution >= 4 is 16.9 Å². The molecule has 2 fully saturated rings. The number of H-pyrrole nitrogens is 1. The number of carbonyl (C=O) groups excluding carboxylic acids is 1. The van der Waals surface area contributed by atoms with Crippen molar-refractivity contribution in [3.05, 3.63) is 63.8 Å². The lowest BCUT2D eigenvalue weighted by atomic mass is 9.74. The summed E-state index contributed by atoms with van der Waals surface area (Å²) < 4.78 is 13.0. The second-order valence-corrected chi connectivity index (χ2v) is 10.9. The number of aryl methyl sites for hydroxylation is 3. The van der Waals surface area contributed by atoms with Crippen molar-refractivity contribution in [1.29, 1.82) is 0 Å². The van der Waals surface area contributed by atoms with E-state index in [1.54, 1.807) is 0 Å². The van der Waals surface area contributed by atoms with Crippen LogP contribution >= 0.6 is 0 Å². The van der Waals surface area contributed by atoms with Gasteiger partial charge in [-0.1, -0.05) is 18.2 Å². The number of hydrogen-bond donors (Lipinski definition) is 1. The van der Waals surface area contributed by atoms with E-state index in [0.29, 0.717) is 11.5 Å². The number of rotatable bonds is 3. The van der Waals surface area contributed by atoms with Gasteiger partial charge < -0.3 is 14.5 Å². The molecule has 0 saturated carbocycles. The number of nitrogens with zero attached hydrogens (tertiary/aromatic N) is 1. The van der Waals surface area contributed by atoms with E-state index in [-0.39, 0.29) is 17.8 Å². The van der Waals surface area contributed by atoms with Gasteiger partial charge in [0.1, 0.15) is 11.9 Å². The summed E-state index contributed by atoms with van der Waals surface area (Å²) >= 11 is 0. The van der Waals surface area contributed by atoms with Gasteiger partial charge in [-0.15, -0.1) is 0 Å². The first-order chi connectivity index (χ1) is 16.9. The van der Waals surface area contributed by atoms with E-state index < -0.39 is 0 Å². The van der Waals surface area contributed by atoms with Crippen LogP contribution in [0.5, 0.6) is 5.75 Å². The Labute approximate surface area is 207 Å². The molecule has 0 bridgehead atoms. The zero-order valence-corrected chi connectivity index (χ0v) is 21.4. The number of aromatic amines is 1. The van der Waals surface area contributed by atoms with Crippen molar-refractivity contribution in [2.24, 2.45) is 5.92 Å². The second kappa shape index (κ2) is 8.41. The second-order valence-electron chi connectivity index (χ2n) is 10.9. The molecule has 4 heterocycles. The molecule has 3 unspecified atom stereocenters. The Balaban J connectivity index is 1.39. The van der Waals surface area contributed by atoms with Gasteiger partial charge in [0.15, 0.2) is 5.72 Å². The lowest BCUT2D eigenvalue weighted by Crippen LogP contribution is -2.64. The first-order valence-electron chi connectivity index (χ1n) is 13.2. The Morgan fingerprint density at radius 2 is 1.89 bits per heavy atom. The van der Waals surface area contributed by atoms with Crippen LogP contribution in [0.1, 0.15) is 83.4 Å². The molecule has 3 aliphatic rings. The van der Waals surface area contributed by atoms with E-state index in [9.17, 15) is 4.79 Å². The van der Waals surface area contributed by atoms with Gasteiger partial charge >= 0.3 is 5.97 Å². The Bertz CT molecular complexity index is 1290. The van der Waals surface area contributed by atoms with E-state index in [4.69, 9.17) is 9.47 Å². The number of nitrogens with one attached hydrogen (secondary N) is 1. The third kappa shape index (κ3) is 3.50. The van der Waals surface area contributed by atoms with E-state index in [0.717, 1.165) is 65.0 Å². The van der Waals surface area contributed by atoms with Crippen molar-refractivity contribution < 1.29 is 14.3 Å². The smallest absolute Gasteiger partial charge is 0.341 e. The first-order valence-corrected chi connectivity index (χ1v) is 13.2. The summed E-state index contributed by atoms with van der Waals surface area (Å²) in [7, 11) is 0. The van der Waals surface area contributed by atoms with Crippen LogP contribution < -0.4 is 4.74 Å². The molecule has 0 radical (unpaired) electrons. The quantitative estimate of drug-likeness (QED) is 0.440. The third-order valence-corrected chi connectivity index (χ3v) is 8.76. The van der Waals surface area contributed by atoms with Crippen molar-refractivity contribution in [3.63, 3.8) is 0 Å². The van der Waals surface area contributed by atoms with Gasteiger partial charge in [-0.25, -0.2) is 4.79 Å². The van der Waals surface area contributed by atoms with Crippen molar-refractivity contribution in [2.45, 2.75) is 78.0 Å². The summed E-state index contributed by atoms with van der Waals surface area (Å²) in [6.07, 6.45) is 6.61. The summed E-state index contributed by atoms with van der Waals surface area (Å²) in [6, 6.07) is 10.4. The van der Waals surface area contributed by atoms with Crippen LogP contribution in [0.4, 0.5) is 0 Å². The molecule has 0 amide bonds. The van der Waals surface area contributed by atoms with Crippen molar-refractivity contribution in [1.82, 2.24) is 9.88 Å². The van der Waals surface area contributed by atoms with Gasteiger partial charge in [0.2, 0.25) is 0 Å². The SMILES string of the molecule is Cc1cccc(C)c1C(C)OC(=O)c1c(C)[nH]c2ccc3c(c12)CC1CCCN2CCCCC12O3. The number of aromatic nitrogens is 1. The van der Waals surface area contributed by atoms with Crippen LogP contribution in [0, 0.1) is 26.7 Å². The topological polar surface area (TPSA) is 54.6 Å². The maximum atomic E-state index is 13.7. The Morgan fingerprint density at radius 3 is 2.69 bits per heavy atom. The van der Waals surface area contributed by atoms with Crippen molar-refractivity contribution in [2.75, 3.05) is 13.1 Å². The number of hydrogen-bond acceptors (Lipinski definition) is 4. The molecule has 0 aliphatic carbocycles. The highest BCUT2D eigenvalue weighted by molar-refractivity contribution is 6.07. The molecule has 2 aromatic carbocycles. The summed E-state index contributed by atoms with van der Waals surface area (Å²) in [6.45, 7) is 10.4. The largest absolute Gasteiger partial charge is 0.472 e. The molecule has 3 atom stereocenters. The van der Waals surface area contributed by atoms with E-state index in [1.165, 1.54) is 31.2 Å². The molecule has 5 nitrogen and oxygen atoms in total. The van der Waals surface area contributed by atoms with Crippen LogP contribution in [0.2, 0.25) is 0 Å². The number of esters is 1. The Hall–Kier alpha value is -2.79. The summed E-state index contributed by atoms with van der Waals surface area (Å²) in [5.41, 5.74) is 6.88.